The predicted octanol–water partition coefficient (Wildman–Crippen LogP) is 2.34. The van der Waals surface area contributed by atoms with Crippen molar-refractivity contribution in [1.82, 2.24) is 4.98 Å². The van der Waals surface area contributed by atoms with Crippen molar-refractivity contribution < 1.29 is 4.74 Å². The Labute approximate surface area is 124 Å². The van der Waals surface area contributed by atoms with Crippen LogP contribution in [0.4, 0.5) is 5.82 Å². The van der Waals surface area contributed by atoms with Gasteiger partial charge >= 0.3 is 0 Å². The van der Waals surface area contributed by atoms with E-state index in [1.54, 1.807) is 7.11 Å². The minimum atomic E-state index is 0.372. The number of hydrogen-bond acceptors (Lipinski definition) is 4. The van der Waals surface area contributed by atoms with Gasteiger partial charge < -0.3 is 15.4 Å². The molecular weight excluding hydrogens is 270 g/mol. The molecule has 2 rings (SSSR count). The van der Waals surface area contributed by atoms with Gasteiger partial charge in [-0.25, -0.2) is 4.98 Å². The molecule has 0 aliphatic carbocycles. The Hall–Kier alpha value is -1.72. The second-order valence-corrected chi connectivity index (χ2v) is 5.12. The average molecular weight is 289 g/mol. The van der Waals surface area contributed by atoms with Crippen molar-refractivity contribution in [3.63, 3.8) is 0 Å². The average Bonchev–Trinajstić information content (AvgIpc) is 2.46. The van der Waals surface area contributed by atoms with Gasteiger partial charge in [0.25, 0.3) is 0 Å². The second kappa shape index (κ2) is 6.63. The highest BCUT2D eigenvalue weighted by atomic mass is 32.1. The minimum absolute atomic E-state index is 0.372. The Morgan fingerprint density at radius 1 is 1.40 bits per heavy atom. The molecule has 0 unspecified atom stereocenters. The zero-order chi connectivity index (χ0) is 14.5. The first-order valence-corrected chi connectivity index (χ1v) is 6.94. The van der Waals surface area contributed by atoms with Crippen LogP contribution in [0.1, 0.15) is 12.0 Å². The van der Waals surface area contributed by atoms with Crippen LogP contribution in [0.5, 0.6) is 0 Å². The number of nitrogens with two attached hydrogens (primary N) is 1. The van der Waals surface area contributed by atoms with E-state index in [0.29, 0.717) is 4.99 Å². The molecule has 0 spiro atoms. The highest BCUT2D eigenvalue weighted by Crippen LogP contribution is 2.23. The topological polar surface area (TPSA) is 51.4 Å². The van der Waals surface area contributed by atoms with Crippen molar-refractivity contribution in [3.8, 4) is 0 Å². The Morgan fingerprint density at radius 2 is 2.15 bits per heavy atom. The highest BCUT2D eigenvalue weighted by molar-refractivity contribution is 7.80. The molecule has 1 heterocycles. The number of hydrogen-bond donors (Lipinski definition) is 1. The number of pyridine rings is 1. The van der Waals surface area contributed by atoms with E-state index in [9.17, 15) is 0 Å². The lowest BCUT2D eigenvalue weighted by Gasteiger charge is -2.21. The van der Waals surface area contributed by atoms with Gasteiger partial charge in [-0.3, -0.25) is 0 Å². The van der Waals surface area contributed by atoms with Crippen LogP contribution in [-0.2, 0) is 4.74 Å². The van der Waals surface area contributed by atoms with Crippen molar-refractivity contribution in [2.24, 2.45) is 5.73 Å². The molecule has 1 aromatic carbocycles. The van der Waals surface area contributed by atoms with Gasteiger partial charge in [0.05, 0.1) is 11.1 Å². The number of anilines is 1. The Balaban J connectivity index is 2.38. The number of benzene rings is 1. The van der Waals surface area contributed by atoms with Crippen LogP contribution >= 0.6 is 12.2 Å². The van der Waals surface area contributed by atoms with Gasteiger partial charge in [0.15, 0.2) is 0 Å². The summed E-state index contributed by atoms with van der Waals surface area (Å²) in [6.07, 6.45) is 0.929. The van der Waals surface area contributed by atoms with E-state index < -0.39 is 0 Å². The summed E-state index contributed by atoms with van der Waals surface area (Å²) in [6.45, 7) is 1.56. The van der Waals surface area contributed by atoms with Gasteiger partial charge in [0, 0.05) is 32.7 Å². The third-order valence-corrected chi connectivity index (χ3v) is 3.39. The molecule has 5 heteroatoms. The Morgan fingerprint density at radius 3 is 2.85 bits per heavy atom. The normalized spacial score (nSPS) is 10.7. The first-order valence-electron chi connectivity index (χ1n) is 6.53. The molecule has 1 aromatic heterocycles. The summed E-state index contributed by atoms with van der Waals surface area (Å²) < 4.78 is 5.08. The van der Waals surface area contributed by atoms with Crippen LogP contribution in [0, 0.1) is 0 Å². The summed E-state index contributed by atoms with van der Waals surface area (Å²) in [5.41, 5.74) is 7.60. The molecule has 2 aromatic rings. The lowest BCUT2D eigenvalue weighted by Crippen LogP contribution is -2.25. The fourth-order valence-corrected chi connectivity index (χ4v) is 2.28. The highest BCUT2D eigenvalue weighted by Gasteiger charge is 2.13. The summed E-state index contributed by atoms with van der Waals surface area (Å²) in [5, 5.41) is 1.05. The van der Waals surface area contributed by atoms with Crippen molar-refractivity contribution in [1.29, 1.82) is 0 Å². The summed E-state index contributed by atoms with van der Waals surface area (Å²) in [7, 11) is 3.70. The van der Waals surface area contributed by atoms with E-state index in [4.69, 9.17) is 27.7 Å². The lowest BCUT2D eigenvalue weighted by molar-refractivity contribution is 0.196. The van der Waals surface area contributed by atoms with Crippen LogP contribution in [0.2, 0.25) is 0 Å². The summed E-state index contributed by atoms with van der Waals surface area (Å²) >= 11 is 5.15. The number of ether oxygens (including phenoxy) is 1. The van der Waals surface area contributed by atoms with Crippen LogP contribution in [-0.4, -0.2) is 37.3 Å². The van der Waals surface area contributed by atoms with Crippen molar-refractivity contribution >= 4 is 33.9 Å². The quantitative estimate of drug-likeness (QED) is 0.653. The molecule has 0 saturated heterocycles. The molecule has 0 atom stereocenters. The number of fused-ring (bicyclic) bond motifs is 1. The molecule has 0 fully saturated rings. The summed E-state index contributed by atoms with van der Waals surface area (Å²) in [5.74, 6) is 0.826. The molecule has 0 aliphatic rings. The number of methoxy groups -OCH3 is 1. The van der Waals surface area contributed by atoms with Crippen molar-refractivity contribution in [2.75, 3.05) is 32.2 Å². The standard InChI is InChI=1S/C15H19N3OS/c1-18(8-5-9-19-2)15-12(14(16)20)10-11-6-3-4-7-13(11)17-15/h3-4,6-7,10H,5,8-9H2,1-2H3,(H2,16,20). The fourth-order valence-electron chi connectivity index (χ4n) is 2.13. The van der Waals surface area contributed by atoms with Crippen LogP contribution in [0.3, 0.4) is 0 Å². The molecular formula is C15H19N3OS. The van der Waals surface area contributed by atoms with E-state index in [-0.39, 0.29) is 0 Å². The first kappa shape index (κ1) is 14.7. The van der Waals surface area contributed by atoms with E-state index in [2.05, 4.69) is 4.90 Å². The van der Waals surface area contributed by atoms with Gasteiger partial charge in [-0.15, -0.1) is 0 Å². The molecule has 0 amide bonds. The van der Waals surface area contributed by atoms with E-state index >= 15 is 0 Å². The summed E-state index contributed by atoms with van der Waals surface area (Å²) in [6, 6.07) is 9.97. The van der Waals surface area contributed by atoms with Gasteiger partial charge in [-0.05, 0) is 18.6 Å². The minimum Gasteiger partial charge on any atom is -0.389 e. The number of thiocarbonyl (C=S) groups is 1. The molecule has 20 heavy (non-hydrogen) atoms. The molecule has 4 nitrogen and oxygen atoms in total. The van der Waals surface area contributed by atoms with E-state index in [1.807, 2.05) is 37.4 Å². The fraction of sp³-hybridized carbons (Fsp3) is 0.333. The molecule has 0 radical (unpaired) electrons. The third kappa shape index (κ3) is 3.23. The van der Waals surface area contributed by atoms with Gasteiger partial charge in [-0.1, -0.05) is 30.4 Å². The molecule has 0 bridgehead atoms. The van der Waals surface area contributed by atoms with Gasteiger partial charge in [0.2, 0.25) is 0 Å². The maximum absolute atomic E-state index is 5.84. The van der Waals surface area contributed by atoms with E-state index in [0.717, 1.165) is 41.9 Å². The molecule has 0 saturated carbocycles. The third-order valence-electron chi connectivity index (χ3n) is 3.17. The van der Waals surface area contributed by atoms with Crippen molar-refractivity contribution in [3.05, 3.63) is 35.9 Å². The van der Waals surface area contributed by atoms with Crippen LogP contribution in [0.25, 0.3) is 10.9 Å². The van der Waals surface area contributed by atoms with E-state index in [1.165, 1.54) is 0 Å². The van der Waals surface area contributed by atoms with Crippen LogP contribution < -0.4 is 10.6 Å². The lowest BCUT2D eigenvalue weighted by atomic mass is 10.1. The largest absolute Gasteiger partial charge is 0.389 e. The number of aromatic nitrogens is 1. The molecule has 106 valence electrons. The first-order chi connectivity index (χ1) is 9.63. The Bertz CT molecular complexity index is 615. The van der Waals surface area contributed by atoms with Crippen LogP contribution in [0.15, 0.2) is 30.3 Å². The predicted molar refractivity (Wildman–Crippen MR) is 87.4 cm³/mol. The van der Waals surface area contributed by atoms with Gasteiger partial charge in [-0.2, -0.15) is 0 Å². The maximum Gasteiger partial charge on any atom is 0.139 e. The number of nitrogens with zero attached hydrogens (tertiary/aromatic N) is 2. The zero-order valence-corrected chi connectivity index (χ0v) is 12.6. The Kier molecular flexibility index (Phi) is 4.87. The SMILES string of the molecule is COCCCN(C)c1nc2ccccc2cc1C(N)=S. The smallest absolute Gasteiger partial charge is 0.139 e. The number of rotatable bonds is 6. The van der Waals surface area contributed by atoms with Gasteiger partial charge in [0.1, 0.15) is 10.8 Å². The second-order valence-electron chi connectivity index (χ2n) is 4.68. The number of para-hydroxylation sites is 1. The maximum atomic E-state index is 5.84. The monoisotopic (exact) mass is 289 g/mol. The molecule has 2 N–H and O–H groups in total. The zero-order valence-electron chi connectivity index (χ0n) is 11.8. The van der Waals surface area contributed by atoms with Crippen molar-refractivity contribution in [2.45, 2.75) is 6.42 Å². The molecule has 0 aliphatic heterocycles. The summed E-state index contributed by atoms with van der Waals surface area (Å²) in [4.78, 5) is 7.13.